The standard InChI is InChI=1S/C13H24OS/c1-11(2)10-13(7-4-5-8-13)12(14)6-9-15-3/h11H,4-10H2,1-3H3. The Morgan fingerprint density at radius 1 is 1.33 bits per heavy atom. The van der Waals surface area contributed by atoms with Crippen molar-refractivity contribution in [3.8, 4) is 0 Å². The fraction of sp³-hybridized carbons (Fsp3) is 0.923. The lowest BCUT2D eigenvalue weighted by Crippen LogP contribution is -2.30. The quantitative estimate of drug-likeness (QED) is 0.685. The van der Waals surface area contributed by atoms with E-state index < -0.39 is 0 Å². The minimum absolute atomic E-state index is 0.0733. The Kier molecular flexibility index (Phi) is 5.17. The molecule has 1 aliphatic rings. The van der Waals surface area contributed by atoms with Crippen molar-refractivity contribution >= 4 is 17.5 Å². The molecule has 1 saturated carbocycles. The molecule has 0 unspecified atom stereocenters. The van der Waals surface area contributed by atoms with Crippen LogP contribution in [-0.2, 0) is 4.79 Å². The number of hydrogen-bond acceptors (Lipinski definition) is 2. The van der Waals surface area contributed by atoms with Crippen LogP contribution in [0.5, 0.6) is 0 Å². The maximum atomic E-state index is 12.2. The summed E-state index contributed by atoms with van der Waals surface area (Å²) >= 11 is 1.79. The van der Waals surface area contributed by atoms with Crippen LogP contribution in [0.2, 0.25) is 0 Å². The molecule has 0 aromatic rings. The Morgan fingerprint density at radius 2 is 1.93 bits per heavy atom. The van der Waals surface area contributed by atoms with Gasteiger partial charge in [0, 0.05) is 11.8 Å². The zero-order valence-corrected chi connectivity index (χ0v) is 11.2. The van der Waals surface area contributed by atoms with Crippen LogP contribution in [0.15, 0.2) is 0 Å². The Labute approximate surface area is 98.4 Å². The number of Topliss-reactive ketones (excluding diaryl/α,β-unsaturated/α-hetero) is 1. The number of ketones is 1. The van der Waals surface area contributed by atoms with Crippen LogP contribution in [-0.4, -0.2) is 17.8 Å². The normalized spacial score (nSPS) is 19.7. The molecular formula is C13H24OS. The largest absolute Gasteiger partial charge is 0.299 e. The highest BCUT2D eigenvalue weighted by Gasteiger charge is 2.40. The van der Waals surface area contributed by atoms with Crippen LogP contribution < -0.4 is 0 Å². The molecule has 0 aromatic heterocycles. The van der Waals surface area contributed by atoms with E-state index in [0.717, 1.165) is 31.4 Å². The van der Waals surface area contributed by atoms with E-state index in [4.69, 9.17) is 0 Å². The minimum atomic E-state index is 0.0733. The lowest BCUT2D eigenvalue weighted by atomic mass is 9.74. The highest BCUT2D eigenvalue weighted by Crippen LogP contribution is 2.44. The molecule has 15 heavy (non-hydrogen) atoms. The van der Waals surface area contributed by atoms with Crippen molar-refractivity contribution in [3.05, 3.63) is 0 Å². The fourth-order valence-electron chi connectivity index (χ4n) is 2.89. The van der Waals surface area contributed by atoms with Gasteiger partial charge >= 0.3 is 0 Å². The summed E-state index contributed by atoms with van der Waals surface area (Å²) < 4.78 is 0. The Balaban J connectivity index is 2.59. The second-order valence-corrected chi connectivity index (χ2v) is 6.24. The number of hydrogen-bond donors (Lipinski definition) is 0. The molecule has 0 aliphatic heterocycles. The average molecular weight is 228 g/mol. The lowest BCUT2D eigenvalue weighted by molar-refractivity contribution is -0.129. The second kappa shape index (κ2) is 5.93. The predicted octanol–water partition coefficient (Wildman–Crippen LogP) is 3.92. The first-order chi connectivity index (χ1) is 7.10. The molecule has 0 atom stereocenters. The molecule has 0 amide bonds. The van der Waals surface area contributed by atoms with E-state index >= 15 is 0 Å². The van der Waals surface area contributed by atoms with E-state index in [-0.39, 0.29) is 5.41 Å². The van der Waals surface area contributed by atoms with Crippen molar-refractivity contribution in [1.82, 2.24) is 0 Å². The molecule has 0 heterocycles. The molecule has 88 valence electrons. The second-order valence-electron chi connectivity index (χ2n) is 5.25. The van der Waals surface area contributed by atoms with Gasteiger partial charge in [0.05, 0.1) is 0 Å². The number of carbonyl (C=O) groups is 1. The van der Waals surface area contributed by atoms with Gasteiger partial charge < -0.3 is 0 Å². The van der Waals surface area contributed by atoms with Crippen molar-refractivity contribution in [3.63, 3.8) is 0 Å². The van der Waals surface area contributed by atoms with Gasteiger partial charge in [-0.05, 0) is 37.2 Å². The average Bonchev–Trinajstić information content (AvgIpc) is 2.62. The maximum Gasteiger partial charge on any atom is 0.139 e. The van der Waals surface area contributed by atoms with Crippen molar-refractivity contribution in [2.24, 2.45) is 11.3 Å². The topological polar surface area (TPSA) is 17.1 Å². The SMILES string of the molecule is CSCCC(=O)C1(CC(C)C)CCCC1. The van der Waals surface area contributed by atoms with Crippen molar-refractivity contribution < 1.29 is 4.79 Å². The van der Waals surface area contributed by atoms with E-state index in [2.05, 4.69) is 20.1 Å². The van der Waals surface area contributed by atoms with E-state index in [1.807, 2.05) is 0 Å². The Hall–Kier alpha value is 0.0200. The molecule has 0 aromatic carbocycles. The van der Waals surface area contributed by atoms with E-state index in [0.29, 0.717) is 11.7 Å². The molecule has 0 N–H and O–H groups in total. The summed E-state index contributed by atoms with van der Waals surface area (Å²) in [7, 11) is 0. The summed E-state index contributed by atoms with van der Waals surface area (Å²) in [5.74, 6) is 2.20. The predicted molar refractivity (Wildman–Crippen MR) is 68.4 cm³/mol. The fourth-order valence-corrected chi connectivity index (χ4v) is 3.28. The monoisotopic (exact) mass is 228 g/mol. The zero-order valence-electron chi connectivity index (χ0n) is 10.3. The van der Waals surface area contributed by atoms with Gasteiger partial charge in [0.2, 0.25) is 0 Å². The first-order valence-electron chi connectivity index (χ1n) is 6.13. The third-order valence-corrected chi connectivity index (χ3v) is 4.10. The highest BCUT2D eigenvalue weighted by atomic mass is 32.2. The summed E-state index contributed by atoms with van der Waals surface area (Å²) in [5, 5.41) is 0. The van der Waals surface area contributed by atoms with Crippen LogP contribution in [0.25, 0.3) is 0 Å². The third kappa shape index (κ3) is 3.51. The van der Waals surface area contributed by atoms with Gasteiger partial charge in [0.15, 0.2) is 0 Å². The molecule has 0 radical (unpaired) electrons. The molecule has 0 bridgehead atoms. The molecule has 0 saturated heterocycles. The molecule has 0 spiro atoms. The van der Waals surface area contributed by atoms with E-state index in [1.165, 1.54) is 12.8 Å². The summed E-state index contributed by atoms with van der Waals surface area (Å²) in [6, 6.07) is 0. The molecular weight excluding hydrogens is 204 g/mol. The van der Waals surface area contributed by atoms with Gasteiger partial charge in [-0.3, -0.25) is 4.79 Å². The van der Waals surface area contributed by atoms with Crippen LogP contribution in [0.3, 0.4) is 0 Å². The summed E-state index contributed by atoms with van der Waals surface area (Å²) in [6.07, 6.45) is 8.80. The summed E-state index contributed by atoms with van der Waals surface area (Å²) in [6.45, 7) is 4.48. The van der Waals surface area contributed by atoms with E-state index in [1.54, 1.807) is 11.8 Å². The summed E-state index contributed by atoms with van der Waals surface area (Å²) in [4.78, 5) is 12.2. The molecule has 1 aliphatic carbocycles. The maximum absolute atomic E-state index is 12.2. The van der Waals surface area contributed by atoms with Crippen LogP contribution >= 0.6 is 11.8 Å². The van der Waals surface area contributed by atoms with Crippen LogP contribution in [0, 0.1) is 11.3 Å². The number of thioether (sulfide) groups is 1. The van der Waals surface area contributed by atoms with Gasteiger partial charge in [-0.2, -0.15) is 11.8 Å². The molecule has 1 rings (SSSR count). The van der Waals surface area contributed by atoms with Crippen molar-refractivity contribution in [2.45, 2.75) is 52.4 Å². The molecule has 1 fully saturated rings. The lowest BCUT2D eigenvalue weighted by Gasteiger charge is -2.29. The van der Waals surface area contributed by atoms with Crippen molar-refractivity contribution in [2.75, 3.05) is 12.0 Å². The summed E-state index contributed by atoms with van der Waals surface area (Å²) in [5.41, 5.74) is 0.0733. The highest BCUT2D eigenvalue weighted by molar-refractivity contribution is 7.98. The van der Waals surface area contributed by atoms with Crippen molar-refractivity contribution in [1.29, 1.82) is 0 Å². The van der Waals surface area contributed by atoms with E-state index in [9.17, 15) is 4.79 Å². The molecule has 1 nitrogen and oxygen atoms in total. The first kappa shape index (κ1) is 13.1. The van der Waals surface area contributed by atoms with Gasteiger partial charge in [-0.1, -0.05) is 26.7 Å². The van der Waals surface area contributed by atoms with Gasteiger partial charge in [0.25, 0.3) is 0 Å². The zero-order chi connectivity index (χ0) is 11.3. The number of rotatable bonds is 6. The van der Waals surface area contributed by atoms with Gasteiger partial charge in [-0.15, -0.1) is 0 Å². The van der Waals surface area contributed by atoms with Crippen LogP contribution in [0.1, 0.15) is 52.4 Å². The van der Waals surface area contributed by atoms with Gasteiger partial charge in [0.1, 0.15) is 5.78 Å². The smallest absolute Gasteiger partial charge is 0.139 e. The van der Waals surface area contributed by atoms with Gasteiger partial charge in [-0.25, -0.2) is 0 Å². The third-order valence-electron chi connectivity index (χ3n) is 3.48. The molecule has 2 heteroatoms. The Morgan fingerprint density at radius 3 is 2.40 bits per heavy atom. The minimum Gasteiger partial charge on any atom is -0.299 e. The first-order valence-corrected chi connectivity index (χ1v) is 7.52. The Bertz CT molecular complexity index is 205. The van der Waals surface area contributed by atoms with Crippen LogP contribution in [0.4, 0.5) is 0 Å². The number of carbonyl (C=O) groups excluding carboxylic acids is 1.